The van der Waals surface area contributed by atoms with Gasteiger partial charge in [0.1, 0.15) is 6.17 Å². The van der Waals surface area contributed by atoms with Crippen molar-refractivity contribution in [1.29, 1.82) is 0 Å². The van der Waals surface area contributed by atoms with E-state index < -0.39 is 46.3 Å². The van der Waals surface area contributed by atoms with Crippen LogP contribution in [0.15, 0.2) is 17.1 Å². The maximum Gasteiger partial charge on any atom is 0.481 e. The van der Waals surface area contributed by atoms with E-state index in [4.69, 9.17) is 15.2 Å². The van der Waals surface area contributed by atoms with Gasteiger partial charge in [0.05, 0.1) is 24.7 Å². The summed E-state index contributed by atoms with van der Waals surface area (Å²) in [6, 6.07) is 1.42. The Kier molecular flexibility index (Phi) is 7.86. The minimum atomic E-state index is -5.03. The van der Waals surface area contributed by atoms with Gasteiger partial charge in [-0.3, -0.25) is 18.8 Å². The topological polar surface area (TPSA) is 197 Å². The number of aromatic nitrogens is 3. The van der Waals surface area contributed by atoms with E-state index in [1.54, 1.807) is 0 Å². The number of nitrogens with one attached hydrogen (secondary N) is 1. The van der Waals surface area contributed by atoms with E-state index in [1.165, 1.54) is 23.9 Å². The van der Waals surface area contributed by atoms with Crippen molar-refractivity contribution in [3.8, 4) is 0 Å². The number of aromatic amines is 1. The Balaban J connectivity index is 1.59. The van der Waals surface area contributed by atoms with Crippen LogP contribution >= 0.6 is 15.6 Å². The molecule has 5 atom stereocenters. The molecular weight excluding hydrogens is 477 g/mol. The van der Waals surface area contributed by atoms with E-state index in [-0.39, 0.29) is 43.0 Å². The highest BCUT2D eigenvalue weighted by molar-refractivity contribution is 7.61. The number of rotatable bonds is 11. The van der Waals surface area contributed by atoms with Crippen molar-refractivity contribution >= 4 is 32.6 Å². The minimum absolute atomic E-state index is 0.100. The molecule has 17 heteroatoms. The molecular formula is C15H23FN4O10P2. The number of ether oxygens (including phenoxy) is 2. The van der Waals surface area contributed by atoms with Crippen LogP contribution in [0.3, 0.4) is 0 Å². The molecule has 0 spiro atoms. The van der Waals surface area contributed by atoms with Crippen molar-refractivity contribution in [3.05, 3.63) is 22.6 Å². The zero-order valence-corrected chi connectivity index (χ0v) is 18.6. The molecule has 0 radical (unpaired) electrons. The zero-order valence-electron chi connectivity index (χ0n) is 16.8. The van der Waals surface area contributed by atoms with Gasteiger partial charge in [-0.15, -0.1) is 0 Å². The SMILES string of the molecule is COCCCOP(=O)(O)OP(=O)(O)OCC1CC(F)C(n2ccc3c(=O)[nH]c(N)nc32)O1. The van der Waals surface area contributed by atoms with E-state index in [2.05, 4.69) is 23.3 Å². The molecule has 1 fully saturated rings. The van der Waals surface area contributed by atoms with Gasteiger partial charge in [-0.05, 0) is 12.5 Å². The lowest BCUT2D eigenvalue weighted by molar-refractivity contribution is -0.0344. The van der Waals surface area contributed by atoms with E-state index >= 15 is 0 Å². The van der Waals surface area contributed by atoms with Crippen LogP contribution in [-0.2, 0) is 32.0 Å². The first-order valence-corrected chi connectivity index (χ1v) is 12.3. The summed E-state index contributed by atoms with van der Waals surface area (Å²) in [4.78, 5) is 37.4. The summed E-state index contributed by atoms with van der Waals surface area (Å²) < 4.78 is 63.3. The Morgan fingerprint density at radius 3 is 2.78 bits per heavy atom. The van der Waals surface area contributed by atoms with Gasteiger partial charge in [-0.1, -0.05) is 0 Å². The Morgan fingerprint density at radius 1 is 1.34 bits per heavy atom. The number of fused-ring (bicyclic) bond motifs is 1. The number of nitrogen functional groups attached to an aromatic ring is 1. The van der Waals surface area contributed by atoms with Crippen LogP contribution in [0.2, 0.25) is 0 Å². The van der Waals surface area contributed by atoms with Crippen molar-refractivity contribution in [1.82, 2.24) is 14.5 Å². The number of methoxy groups -OCH3 is 1. The van der Waals surface area contributed by atoms with Crippen molar-refractivity contribution in [2.24, 2.45) is 0 Å². The van der Waals surface area contributed by atoms with Crippen LogP contribution in [-0.4, -0.2) is 63.5 Å². The molecule has 32 heavy (non-hydrogen) atoms. The van der Waals surface area contributed by atoms with Gasteiger partial charge in [-0.2, -0.15) is 9.29 Å². The molecule has 0 bridgehead atoms. The van der Waals surface area contributed by atoms with Gasteiger partial charge in [0.2, 0.25) is 5.95 Å². The summed E-state index contributed by atoms with van der Waals surface area (Å²) in [5.41, 5.74) is 5.13. The normalized spacial score (nSPS) is 25.1. The number of phosphoric acid groups is 2. The summed E-state index contributed by atoms with van der Waals surface area (Å²) in [7, 11) is -8.48. The van der Waals surface area contributed by atoms with Crippen LogP contribution in [0.25, 0.3) is 11.0 Å². The van der Waals surface area contributed by atoms with E-state index in [1.807, 2.05) is 0 Å². The number of nitrogens with zero attached hydrogens (tertiary/aromatic N) is 2. The average molecular weight is 500 g/mol. The summed E-state index contributed by atoms with van der Waals surface area (Å²) >= 11 is 0. The molecule has 5 N–H and O–H groups in total. The zero-order chi connectivity index (χ0) is 23.5. The summed E-state index contributed by atoms with van der Waals surface area (Å²) in [6.07, 6.45) is -2.37. The second-order valence-electron chi connectivity index (χ2n) is 6.81. The summed E-state index contributed by atoms with van der Waals surface area (Å²) in [6.45, 7) is -0.639. The predicted molar refractivity (Wildman–Crippen MR) is 107 cm³/mol. The molecule has 5 unspecified atom stereocenters. The van der Waals surface area contributed by atoms with Gasteiger partial charge in [0, 0.05) is 26.3 Å². The predicted octanol–water partition coefficient (Wildman–Crippen LogP) is 1.22. The van der Waals surface area contributed by atoms with Crippen molar-refractivity contribution < 1.29 is 46.1 Å². The van der Waals surface area contributed by atoms with Gasteiger partial charge in [0.25, 0.3) is 5.56 Å². The van der Waals surface area contributed by atoms with Crippen LogP contribution < -0.4 is 11.3 Å². The fourth-order valence-corrected chi connectivity index (χ4v) is 5.19. The third-order valence-corrected chi connectivity index (χ3v) is 7.02. The first-order valence-electron chi connectivity index (χ1n) is 9.32. The first-order chi connectivity index (χ1) is 15.0. The maximum atomic E-state index is 14.6. The van der Waals surface area contributed by atoms with Crippen molar-refractivity contribution in [3.63, 3.8) is 0 Å². The number of anilines is 1. The van der Waals surface area contributed by atoms with Crippen molar-refractivity contribution in [2.45, 2.75) is 31.3 Å². The van der Waals surface area contributed by atoms with E-state index in [9.17, 15) is 28.1 Å². The Hall–Kier alpha value is -1.67. The quantitative estimate of drug-likeness (QED) is 0.255. The van der Waals surface area contributed by atoms with Crippen LogP contribution in [0.1, 0.15) is 19.1 Å². The van der Waals surface area contributed by atoms with Crippen LogP contribution in [0, 0.1) is 0 Å². The van der Waals surface area contributed by atoms with Gasteiger partial charge in [-0.25, -0.2) is 13.5 Å². The summed E-state index contributed by atoms with van der Waals surface area (Å²) in [5.74, 6) is -0.160. The Labute approximate surface area is 180 Å². The molecule has 180 valence electrons. The number of nitrogens with two attached hydrogens (primary N) is 1. The smallest absolute Gasteiger partial charge is 0.385 e. The molecule has 0 saturated carbocycles. The van der Waals surface area contributed by atoms with E-state index in [0.717, 1.165) is 0 Å². The third-order valence-electron chi connectivity index (χ3n) is 4.38. The van der Waals surface area contributed by atoms with Crippen LogP contribution in [0.4, 0.5) is 10.3 Å². The van der Waals surface area contributed by atoms with Gasteiger partial charge >= 0.3 is 15.6 Å². The Morgan fingerprint density at radius 2 is 2.06 bits per heavy atom. The van der Waals surface area contributed by atoms with E-state index in [0.29, 0.717) is 0 Å². The molecule has 3 rings (SSSR count). The standard InChI is InChI=1S/C15H23FN4O10P2/c1-26-5-2-6-27-31(22,23)30-32(24,25)28-8-9-7-11(16)14(29-9)20-4-3-10-12(20)18-15(17)19-13(10)21/h3-4,9,11,14H,2,5-8H2,1H3,(H,22,23)(H,24,25)(H3,17,18,19,21). The average Bonchev–Trinajstić information content (AvgIpc) is 3.26. The Bertz CT molecular complexity index is 1090. The second kappa shape index (κ2) is 10.1. The lowest BCUT2D eigenvalue weighted by Gasteiger charge is -2.19. The van der Waals surface area contributed by atoms with Gasteiger partial charge in [0.15, 0.2) is 11.9 Å². The molecule has 3 heterocycles. The largest absolute Gasteiger partial charge is 0.481 e. The molecule has 0 aliphatic carbocycles. The lowest BCUT2D eigenvalue weighted by atomic mass is 10.2. The third kappa shape index (κ3) is 6.22. The first kappa shape index (κ1) is 25.0. The highest BCUT2D eigenvalue weighted by Crippen LogP contribution is 2.60. The molecule has 2 aromatic rings. The highest BCUT2D eigenvalue weighted by Gasteiger charge is 2.41. The number of H-pyrrole nitrogens is 1. The van der Waals surface area contributed by atoms with Crippen LogP contribution in [0.5, 0.6) is 0 Å². The monoisotopic (exact) mass is 500 g/mol. The number of hydrogen-bond acceptors (Lipinski definition) is 10. The van der Waals surface area contributed by atoms with Crippen molar-refractivity contribution in [2.75, 3.05) is 32.7 Å². The molecule has 1 aliphatic heterocycles. The molecule has 2 aromatic heterocycles. The molecule has 1 aliphatic rings. The highest BCUT2D eigenvalue weighted by atomic mass is 31.3. The number of hydrogen-bond donors (Lipinski definition) is 4. The number of halogens is 1. The summed E-state index contributed by atoms with van der Waals surface area (Å²) in [5, 5.41) is 0.173. The lowest BCUT2D eigenvalue weighted by Crippen LogP contribution is -2.19. The number of alkyl halides is 1. The second-order valence-corrected chi connectivity index (χ2v) is 9.85. The molecule has 14 nitrogen and oxygen atoms in total. The maximum absolute atomic E-state index is 14.6. The van der Waals surface area contributed by atoms with Gasteiger partial charge < -0.3 is 29.6 Å². The number of phosphoric ester groups is 2. The molecule has 0 aromatic carbocycles. The molecule has 1 saturated heterocycles. The molecule has 0 amide bonds. The fourth-order valence-electron chi connectivity index (χ4n) is 3.06. The minimum Gasteiger partial charge on any atom is -0.385 e. The fraction of sp³-hybridized carbons (Fsp3) is 0.600.